The second-order valence-electron chi connectivity index (χ2n) is 14.6. The van der Waals surface area contributed by atoms with Crippen molar-refractivity contribution in [1.29, 1.82) is 0 Å². The third-order valence-corrected chi connectivity index (χ3v) is 10.7. The number of hydrogen-bond acceptors (Lipinski definition) is 5. The summed E-state index contributed by atoms with van der Waals surface area (Å²) in [4.78, 5) is 29.3. The molecule has 4 fully saturated rings. The molecule has 0 unspecified atom stereocenters. The van der Waals surface area contributed by atoms with Gasteiger partial charge < -0.3 is 24.8 Å². The maximum absolute atomic E-state index is 14.3. The molecule has 1 amide bonds. The first-order chi connectivity index (χ1) is 20.5. The number of rotatable bonds is 9. The summed E-state index contributed by atoms with van der Waals surface area (Å²) in [6.45, 7) is 9.69. The highest BCUT2D eigenvalue weighted by atomic mass is 16.5. The second-order valence-corrected chi connectivity index (χ2v) is 14.6. The molecule has 2 aliphatic carbocycles. The quantitative estimate of drug-likeness (QED) is 0.355. The van der Waals surface area contributed by atoms with Crippen molar-refractivity contribution in [1.82, 2.24) is 10.2 Å². The lowest BCUT2D eigenvalue weighted by atomic mass is 9.66. The van der Waals surface area contributed by atoms with Crippen LogP contribution in [-0.4, -0.2) is 53.8 Å². The summed E-state index contributed by atoms with van der Waals surface area (Å²) < 4.78 is 11.7. The van der Waals surface area contributed by atoms with Gasteiger partial charge in [0.15, 0.2) is 0 Å². The van der Waals surface area contributed by atoms with Gasteiger partial charge in [0.05, 0.1) is 13.2 Å². The van der Waals surface area contributed by atoms with E-state index in [0.29, 0.717) is 25.5 Å². The Labute approximate surface area is 256 Å². The van der Waals surface area contributed by atoms with E-state index in [0.717, 1.165) is 36.1 Å². The lowest BCUT2D eigenvalue weighted by molar-refractivity contribution is -0.156. The molecule has 2 heterocycles. The number of carboxylic acids is 1. The van der Waals surface area contributed by atoms with E-state index in [4.69, 9.17) is 9.47 Å². The average Bonchev–Trinajstić information content (AvgIpc) is 3.53. The summed E-state index contributed by atoms with van der Waals surface area (Å²) in [6.07, 6.45) is 6.69. The fraction of sp³-hybridized carbons (Fsp3) is 0.611. The molecule has 6 rings (SSSR count). The van der Waals surface area contributed by atoms with E-state index in [1.54, 1.807) is 12.0 Å². The number of carbonyl (C=O) groups excluding carboxylic acids is 1. The van der Waals surface area contributed by atoms with Crippen LogP contribution in [0.2, 0.25) is 0 Å². The van der Waals surface area contributed by atoms with Gasteiger partial charge in [-0.05, 0) is 78.0 Å². The van der Waals surface area contributed by atoms with Crippen LogP contribution in [0.3, 0.4) is 0 Å². The molecule has 0 radical (unpaired) electrons. The van der Waals surface area contributed by atoms with Crippen LogP contribution in [0, 0.1) is 11.3 Å². The van der Waals surface area contributed by atoms with Gasteiger partial charge in [0.2, 0.25) is 0 Å². The monoisotopic (exact) mass is 588 g/mol. The largest absolute Gasteiger partial charge is 0.496 e. The van der Waals surface area contributed by atoms with Crippen molar-refractivity contribution in [2.24, 2.45) is 11.3 Å². The standard InChI is InChI=1S/C36H48N2O5/c1-35(2,3)29-30(37-21-23-20-24(15-16-27(23)42-5)36(4)17-9-18-36)31(26-11-7-6-10-25(26)22-13-14-22)38(32(29)34(40)41)33(39)28-12-8-19-43-28/h6-7,10-11,15-16,20,22,28-32,37H,8-9,12-14,17-19,21H2,1-5H3,(H,40,41)/t28-,29-,30-,31-,32-/m0/s1. The van der Waals surface area contributed by atoms with Crippen LogP contribution < -0.4 is 10.1 Å². The lowest BCUT2D eigenvalue weighted by Gasteiger charge is -2.39. The number of carboxylic acid groups (broad SMARTS) is 1. The molecule has 4 aliphatic rings. The van der Waals surface area contributed by atoms with Crippen molar-refractivity contribution >= 4 is 11.9 Å². The molecule has 2 aromatic carbocycles. The number of benzene rings is 2. The van der Waals surface area contributed by atoms with Crippen LogP contribution in [0.25, 0.3) is 0 Å². The van der Waals surface area contributed by atoms with Crippen LogP contribution in [0.4, 0.5) is 0 Å². The van der Waals surface area contributed by atoms with E-state index in [1.165, 1.54) is 30.4 Å². The first-order valence-corrected chi connectivity index (χ1v) is 16.2. The zero-order chi connectivity index (χ0) is 30.5. The van der Waals surface area contributed by atoms with Gasteiger partial charge in [0.1, 0.15) is 17.9 Å². The maximum atomic E-state index is 14.3. The van der Waals surface area contributed by atoms with Crippen molar-refractivity contribution in [3.05, 3.63) is 64.7 Å². The Bertz CT molecular complexity index is 1350. The zero-order valence-electron chi connectivity index (χ0n) is 26.4. The molecule has 2 aliphatic heterocycles. The lowest BCUT2D eigenvalue weighted by Crippen LogP contribution is -2.50. The van der Waals surface area contributed by atoms with E-state index in [-0.39, 0.29) is 23.3 Å². The molecule has 7 heteroatoms. The molecular formula is C36H48N2O5. The number of aliphatic carboxylic acids is 1. The Morgan fingerprint density at radius 2 is 1.79 bits per heavy atom. The minimum Gasteiger partial charge on any atom is -0.496 e. The number of methoxy groups -OCH3 is 1. The molecule has 2 aromatic rings. The topological polar surface area (TPSA) is 88.1 Å². The SMILES string of the molecule is COc1ccc(C2(C)CCC2)cc1CN[C@H]1[C@H](C(C)(C)C)[C@@H](C(=O)O)N(C(=O)[C@@H]2CCCO2)[C@H]1c1ccccc1C1CC1. The van der Waals surface area contributed by atoms with Gasteiger partial charge in [0.25, 0.3) is 5.91 Å². The van der Waals surface area contributed by atoms with Gasteiger partial charge >= 0.3 is 5.97 Å². The summed E-state index contributed by atoms with van der Waals surface area (Å²) in [6, 6.07) is 13.2. The summed E-state index contributed by atoms with van der Waals surface area (Å²) in [5, 5.41) is 14.7. The summed E-state index contributed by atoms with van der Waals surface area (Å²) in [5.74, 6) is -0.223. The van der Waals surface area contributed by atoms with E-state index >= 15 is 0 Å². The fourth-order valence-corrected chi connectivity index (χ4v) is 8.05. The summed E-state index contributed by atoms with van der Waals surface area (Å²) in [7, 11) is 1.70. The number of ether oxygens (including phenoxy) is 2. The first-order valence-electron chi connectivity index (χ1n) is 16.2. The highest BCUT2D eigenvalue weighted by molar-refractivity contribution is 5.88. The third kappa shape index (κ3) is 5.59. The predicted molar refractivity (Wildman–Crippen MR) is 166 cm³/mol. The van der Waals surface area contributed by atoms with Crippen molar-refractivity contribution < 1.29 is 24.2 Å². The summed E-state index contributed by atoms with van der Waals surface area (Å²) >= 11 is 0. The van der Waals surface area contributed by atoms with E-state index in [2.05, 4.69) is 69.4 Å². The molecule has 0 spiro atoms. The molecule has 232 valence electrons. The van der Waals surface area contributed by atoms with E-state index < -0.39 is 29.6 Å². The molecule has 43 heavy (non-hydrogen) atoms. The highest BCUT2D eigenvalue weighted by Gasteiger charge is 2.59. The van der Waals surface area contributed by atoms with Crippen LogP contribution in [0.1, 0.15) is 107 Å². The Morgan fingerprint density at radius 3 is 2.35 bits per heavy atom. The van der Waals surface area contributed by atoms with Gasteiger partial charge in [-0.15, -0.1) is 0 Å². The van der Waals surface area contributed by atoms with Gasteiger partial charge in [-0.1, -0.05) is 70.5 Å². The van der Waals surface area contributed by atoms with Crippen LogP contribution >= 0.6 is 0 Å². The van der Waals surface area contributed by atoms with Gasteiger partial charge in [-0.25, -0.2) is 4.79 Å². The highest BCUT2D eigenvalue weighted by Crippen LogP contribution is 2.52. The Morgan fingerprint density at radius 1 is 1.07 bits per heavy atom. The molecule has 2 saturated carbocycles. The minimum atomic E-state index is -0.978. The van der Waals surface area contributed by atoms with Crippen molar-refractivity contribution in [2.75, 3.05) is 13.7 Å². The average molecular weight is 589 g/mol. The molecule has 5 atom stereocenters. The molecule has 0 bridgehead atoms. The molecule has 2 saturated heterocycles. The van der Waals surface area contributed by atoms with Gasteiger partial charge in [0, 0.05) is 30.7 Å². The Kier molecular flexibility index (Phi) is 8.10. The third-order valence-electron chi connectivity index (χ3n) is 10.7. The zero-order valence-corrected chi connectivity index (χ0v) is 26.4. The molecular weight excluding hydrogens is 540 g/mol. The maximum Gasteiger partial charge on any atom is 0.326 e. The van der Waals surface area contributed by atoms with E-state index in [1.807, 2.05) is 6.07 Å². The first kappa shape index (κ1) is 30.1. The molecule has 7 nitrogen and oxygen atoms in total. The van der Waals surface area contributed by atoms with Crippen molar-refractivity contribution in [2.45, 2.75) is 115 Å². The Hall–Kier alpha value is -2.90. The van der Waals surface area contributed by atoms with Crippen LogP contribution in [0.15, 0.2) is 42.5 Å². The number of likely N-dealkylation sites (tertiary alicyclic amines) is 1. The van der Waals surface area contributed by atoms with Crippen LogP contribution in [-0.2, 0) is 26.3 Å². The summed E-state index contributed by atoms with van der Waals surface area (Å²) in [5.41, 5.74) is 4.47. The van der Waals surface area contributed by atoms with Crippen molar-refractivity contribution in [3.63, 3.8) is 0 Å². The number of hydrogen-bond donors (Lipinski definition) is 2. The van der Waals surface area contributed by atoms with Crippen molar-refractivity contribution in [3.8, 4) is 5.75 Å². The predicted octanol–water partition coefficient (Wildman–Crippen LogP) is 6.35. The number of nitrogens with zero attached hydrogens (tertiary/aromatic N) is 1. The fourth-order valence-electron chi connectivity index (χ4n) is 8.05. The number of carbonyl (C=O) groups is 2. The smallest absolute Gasteiger partial charge is 0.326 e. The normalized spacial score (nSPS) is 28.5. The van der Waals surface area contributed by atoms with Crippen LogP contribution in [0.5, 0.6) is 5.75 Å². The van der Waals surface area contributed by atoms with Gasteiger partial charge in [-0.2, -0.15) is 0 Å². The number of amides is 1. The Balaban J connectivity index is 1.45. The molecule has 0 aromatic heterocycles. The second kappa shape index (κ2) is 11.6. The number of nitrogens with one attached hydrogen (secondary N) is 1. The van der Waals surface area contributed by atoms with Gasteiger partial charge in [-0.3, -0.25) is 4.79 Å². The molecule has 2 N–H and O–H groups in total. The van der Waals surface area contributed by atoms with E-state index in [9.17, 15) is 14.7 Å². The minimum absolute atomic E-state index is 0.187.